The lowest BCUT2D eigenvalue weighted by atomic mass is 10.2. The molecule has 1 radical (unpaired) electrons. The van der Waals surface area contributed by atoms with Crippen molar-refractivity contribution in [3.05, 3.63) is 60.8 Å². The first kappa shape index (κ1) is 8.91. The van der Waals surface area contributed by atoms with E-state index in [0.29, 0.717) is 0 Å². The van der Waals surface area contributed by atoms with Gasteiger partial charge in [0.2, 0.25) is 0 Å². The highest BCUT2D eigenvalue weighted by Crippen LogP contribution is 2.13. The number of aromatic nitrogens is 2. The van der Waals surface area contributed by atoms with E-state index >= 15 is 0 Å². The number of hydrogen-bond donors (Lipinski definition) is 0. The zero-order chi connectivity index (χ0) is 10.8. The summed E-state index contributed by atoms with van der Waals surface area (Å²) in [5.74, 6) is 0. The van der Waals surface area contributed by atoms with Gasteiger partial charge in [-0.2, -0.15) is 5.43 Å². The van der Waals surface area contributed by atoms with Crippen molar-refractivity contribution in [2.75, 3.05) is 0 Å². The molecule has 2 heterocycles. The van der Waals surface area contributed by atoms with Crippen molar-refractivity contribution >= 4 is 5.71 Å². The van der Waals surface area contributed by atoms with Gasteiger partial charge in [0.15, 0.2) is 0 Å². The Kier molecular flexibility index (Phi) is 2.04. The third-order valence-electron chi connectivity index (χ3n) is 2.40. The van der Waals surface area contributed by atoms with Crippen molar-refractivity contribution < 1.29 is 0 Å². The van der Waals surface area contributed by atoms with Crippen LogP contribution in [0.2, 0.25) is 0 Å². The SMILES string of the molecule is C1=CC(c2cncn2-c2ccccc2)=N[N]1. The predicted molar refractivity (Wildman–Crippen MR) is 61.4 cm³/mol. The van der Waals surface area contributed by atoms with E-state index in [2.05, 4.69) is 15.5 Å². The minimum Gasteiger partial charge on any atom is -0.297 e. The molecule has 1 aromatic carbocycles. The summed E-state index contributed by atoms with van der Waals surface area (Å²) in [6.45, 7) is 0. The zero-order valence-corrected chi connectivity index (χ0v) is 8.49. The van der Waals surface area contributed by atoms with Crippen LogP contribution in [-0.2, 0) is 0 Å². The molecule has 1 aromatic heterocycles. The van der Waals surface area contributed by atoms with E-state index in [1.807, 2.05) is 41.0 Å². The molecule has 4 heteroatoms. The van der Waals surface area contributed by atoms with Crippen molar-refractivity contribution in [3.8, 4) is 5.69 Å². The summed E-state index contributed by atoms with van der Waals surface area (Å²) in [5, 5.41) is 4.03. The lowest BCUT2D eigenvalue weighted by molar-refractivity contribution is 0.965. The Morgan fingerprint density at radius 3 is 2.69 bits per heavy atom. The molecule has 77 valence electrons. The summed E-state index contributed by atoms with van der Waals surface area (Å²) in [4.78, 5) is 4.15. The normalized spacial score (nSPS) is 13.6. The van der Waals surface area contributed by atoms with Gasteiger partial charge in [-0.3, -0.25) is 4.57 Å². The van der Waals surface area contributed by atoms with Crippen LogP contribution in [0.3, 0.4) is 0 Å². The number of nitrogens with zero attached hydrogens (tertiary/aromatic N) is 4. The highest BCUT2D eigenvalue weighted by Gasteiger charge is 2.11. The van der Waals surface area contributed by atoms with Crippen LogP contribution in [0.4, 0.5) is 0 Å². The van der Waals surface area contributed by atoms with Crippen LogP contribution in [-0.4, -0.2) is 15.3 Å². The topological polar surface area (TPSA) is 44.3 Å². The molecule has 0 spiro atoms. The Balaban J connectivity index is 2.09. The average molecular weight is 209 g/mol. The van der Waals surface area contributed by atoms with E-state index in [4.69, 9.17) is 0 Å². The predicted octanol–water partition coefficient (Wildman–Crippen LogP) is 1.71. The molecule has 0 aliphatic carbocycles. The number of allylic oxidation sites excluding steroid dienone is 1. The molecule has 2 aromatic rings. The second-order valence-electron chi connectivity index (χ2n) is 3.40. The van der Waals surface area contributed by atoms with Gasteiger partial charge in [-0.15, -0.1) is 5.10 Å². The lowest BCUT2D eigenvalue weighted by Gasteiger charge is -2.05. The van der Waals surface area contributed by atoms with E-state index in [0.717, 1.165) is 17.1 Å². The third kappa shape index (κ3) is 1.40. The third-order valence-corrected chi connectivity index (χ3v) is 2.40. The average Bonchev–Trinajstić information content (AvgIpc) is 3.01. The molecular formula is C12H9N4. The van der Waals surface area contributed by atoms with Crippen LogP contribution >= 0.6 is 0 Å². The molecule has 0 atom stereocenters. The Labute approximate surface area is 92.9 Å². The fourth-order valence-electron chi connectivity index (χ4n) is 1.65. The van der Waals surface area contributed by atoms with Gasteiger partial charge in [0.1, 0.15) is 5.71 Å². The van der Waals surface area contributed by atoms with Gasteiger partial charge in [0.25, 0.3) is 0 Å². The molecule has 0 N–H and O–H groups in total. The van der Waals surface area contributed by atoms with Crippen molar-refractivity contribution in [2.24, 2.45) is 5.10 Å². The molecule has 16 heavy (non-hydrogen) atoms. The van der Waals surface area contributed by atoms with Crippen molar-refractivity contribution in [3.63, 3.8) is 0 Å². The van der Waals surface area contributed by atoms with Crippen LogP contribution in [0.5, 0.6) is 0 Å². The van der Waals surface area contributed by atoms with Crippen molar-refractivity contribution in [1.29, 1.82) is 0 Å². The number of rotatable bonds is 2. The Morgan fingerprint density at radius 1 is 1.06 bits per heavy atom. The van der Waals surface area contributed by atoms with Crippen LogP contribution in [0, 0.1) is 0 Å². The highest BCUT2D eigenvalue weighted by molar-refractivity contribution is 6.08. The van der Waals surface area contributed by atoms with Crippen molar-refractivity contribution in [2.45, 2.75) is 0 Å². The lowest BCUT2D eigenvalue weighted by Crippen LogP contribution is -2.04. The summed E-state index contributed by atoms with van der Waals surface area (Å²) in [7, 11) is 0. The first-order valence-corrected chi connectivity index (χ1v) is 4.97. The summed E-state index contributed by atoms with van der Waals surface area (Å²) in [6.07, 6.45) is 7.12. The van der Waals surface area contributed by atoms with E-state index < -0.39 is 0 Å². The summed E-state index contributed by atoms with van der Waals surface area (Å²) in [6, 6.07) is 10.0. The number of benzene rings is 1. The second-order valence-corrected chi connectivity index (χ2v) is 3.40. The van der Waals surface area contributed by atoms with Crippen LogP contribution in [0.1, 0.15) is 5.69 Å². The van der Waals surface area contributed by atoms with Gasteiger partial charge in [0, 0.05) is 5.69 Å². The summed E-state index contributed by atoms with van der Waals surface area (Å²) in [5.41, 5.74) is 6.67. The van der Waals surface area contributed by atoms with E-state index in [1.54, 1.807) is 18.7 Å². The number of imidazole rings is 1. The molecule has 4 nitrogen and oxygen atoms in total. The van der Waals surface area contributed by atoms with Crippen LogP contribution in [0.15, 0.2) is 60.2 Å². The first-order valence-electron chi connectivity index (χ1n) is 4.97. The molecular weight excluding hydrogens is 200 g/mol. The Hall–Kier alpha value is -2.36. The molecule has 0 amide bonds. The largest absolute Gasteiger partial charge is 0.297 e. The highest BCUT2D eigenvalue weighted by atomic mass is 15.3. The minimum absolute atomic E-state index is 0.835. The second kappa shape index (κ2) is 3.66. The van der Waals surface area contributed by atoms with Gasteiger partial charge in [-0.1, -0.05) is 18.2 Å². The summed E-state index contributed by atoms with van der Waals surface area (Å²) >= 11 is 0. The van der Waals surface area contributed by atoms with Gasteiger partial charge in [-0.05, 0) is 18.2 Å². The maximum Gasteiger partial charge on any atom is 0.113 e. The standard InChI is InChI=1S/C12H9N4/c1-2-4-10(5-3-1)16-9-13-8-12(16)11-6-7-14-15-11/h1-9H. The monoisotopic (exact) mass is 209 g/mol. The quantitative estimate of drug-likeness (QED) is 0.742. The first-order chi connectivity index (χ1) is 7.95. The summed E-state index contributed by atoms with van der Waals surface area (Å²) < 4.78 is 1.99. The van der Waals surface area contributed by atoms with Gasteiger partial charge in [0.05, 0.1) is 24.4 Å². The molecule has 0 bridgehead atoms. The van der Waals surface area contributed by atoms with Gasteiger partial charge < -0.3 is 0 Å². The van der Waals surface area contributed by atoms with Crippen LogP contribution in [0.25, 0.3) is 5.69 Å². The molecule has 0 saturated heterocycles. The fourth-order valence-corrected chi connectivity index (χ4v) is 1.65. The Bertz CT molecular complexity index is 551. The molecule has 0 fully saturated rings. The van der Waals surface area contributed by atoms with Crippen molar-refractivity contribution in [1.82, 2.24) is 15.0 Å². The maximum atomic E-state index is 4.15. The Morgan fingerprint density at radius 2 is 1.94 bits per heavy atom. The van der Waals surface area contributed by atoms with Gasteiger partial charge in [-0.25, -0.2) is 4.98 Å². The molecule has 3 rings (SSSR count). The number of hydrogen-bond acceptors (Lipinski definition) is 2. The maximum absolute atomic E-state index is 4.15. The van der Waals surface area contributed by atoms with Gasteiger partial charge >= 0.3 is 0 Å². The molecule has 1 aliphatic heterocycles. The smallest absolute Gasteiger partial charge is 0.113 e. The minimum atomic E-state index is 0.835. The fraction of sp³-hybridized carbons (Fsp3) is 0. The van der Waals surface area contributed by atoms with Crippen LogP contribution < -0.4 is 5.43 Å². The molecule has 0 unspecified atom stereocenters. The van der Waals surface area contributed by atoms with E-state index in [1.165, 1.54) is 0 Å². The van der Waals surface area contributed by atoms with E-state index in [9.17, 15) is 0 Å². The molecule has 1 aliphatic rings. The van der Waals surface area contributed by atoms with E-state index in [-0.39, 0.29) is 0 Å². The molecule has 0 saturated carbocycles. The number of para-hydroxylation sites is 1. The zero-order valence-electron chi connectivity index (χ0n) is 8.49.